The van der Waals surface area contributed by atoms with Crippen molar-refractivity contribution in [3.05, 3.63) is 31.2 Å². The minimum atomic E-state index is -1.45. The Bertz CT molecular complexity index is 472. The monoisotopic (exact) mass is 286 g/mol. The van der Waals surface area contributed by atoms with Gasteiger partial charge in [-0.05, 0) is 0 Å². The Morgan fingerprint density at radius 3 is 2.13 bits per heavy atom. The summed E-state index contributed by atoms with van der Waals surface area (Å²) in [4.78, 5) is 11.3. The van der Waals surface area contributed by atoms with Gasteiger partial charge in [0.2, 0.25) is 6.29 Å². The average molecular weight is 288 g/mol. The molecule has 1 aromatic rings. The van der Waals surface area contributed by atoms with E-state index in [4.69, 9.17) is 46.4 Å². The highest BCUT2D eigenvalue weighted by molar-refractivity contribution is 6.53. The fourth-order valence-corrected chi connectivity index (χ4v) is 2.34. The van der Waals surface area contributed by atoms with Crippen molar-refractivity contribution in [2.45, 2.75) is 6.29 Å². The maximum absolute atomic E-state index is 11.3. The van der Waals surface area contributed by atoms with Crippen molar-refractivity contribution in [2.75, 3.05) is 0 Å². The summed E-state index contributed by atoms with van der Waals surface area (Å²) in [6.07, 6.45) is -1.45. The Morgan fingerprint density at radius 1 is 1.00 bits per heavy atom. The summed E-state index contributed by atoms with van der Waals surface area (Å²) < 4.78 is 4.53. The van der Waals surface area contributed by atoms with Crippen molar-refractivity contribution >= 4 is 52.4 Å². The first-order valence-corrected chi connectivity index (χ1v) is 5.21. The number of esters is 1. The normalized spacial score (nSPS) is 19.0. The van der Waals surface area contributed by atoms with Crippen LogP contribution in [0.3, 0.4) is 0 Å². The zero-order chi connectivity index (χ0) is 11.3. The van der Waals surface area contributed by atoms with E-state index in [1.54, 1.807) is 0 Å². The van der Waals surface area contributed by atoms with Gasteiger partial charge in [-0.3, -0.25) is 0 Å². The van der Waals surface area contributed by atoms with Gasteiger partial charge in [0.05, 0.1) is 31.2 Å². The van der Waals surface area contributed by atoms with E-state index < -0.39 is 12.3 Å². The number of cyclic esters (lactones) is 1. The SMILES string of the molecule is O=C1O[C@@H](O)c2c(Cl)c(Cl)c(Cl)c(Cl)c21. The Balaban J connectivity index is 2.86. The lowest BCUT2D eigenvalue weighted by atomic mass is 10.1. The molecule has 1 heterocycles. The number of aliphatic hydroxyl groups excluding tert-OH is 1. The third-order valence-electron chi connectivity index (χ3n) is 1.97. The molecule has 0 spiro atoms. The fourth-order valence-electron chi connectivity index (χ4n) is 1.30. The minimum absolute atomic E-state index is 0.0144. The highest BCUT2D eigenvalue weighted by atomic mass is 35.5. The lowest BCUT2D eigenvalue weighted by molar-refractivity contribution is -0.0547. The van der Waals surface area contributed by atoms with E-state index in [2.05, 4.69) is 4.74 Å². The minimum Gasteiger partial charge on any atom is -0.428 e. The second kappa shape index (κ2) is 3.68. The number of ether oxygens (including phenoxy) is 1. The number of carbonyl (C=O) groups excluding carboxylic acids is 1. The number of aliphatic hydroxyl groups is 1. The van der Waals surface area contributed by atoms with Gasteiger partial charge in [0.15, 0.2) is 0 Å². The Kier molecular flexibility index (Phi) is 2.77. The van der Waals surface area contributed by atoms with Gasteiger partial charge in [-0.25, -0.2) is 4.79 Å². The van der Waals surface area contributed by atoms with Crippen LogP contribution in [0, 0.1) is 0 Å². The topological polar surface area (TPSA) is 46.5 Å². The Labute approximate surface area is 104 Å². The van der Waals surface area contributed by atoms with E-state index in [9.17, 15) is 9.90 Å². The van der Waals surface area contributed by atoms with Crippen LogP contribution in [0.5, 0.6) is 0 Å². The predicted molar refractivity (Wildman–Crippen MR) is 56.9 cm³/mol. The molecule has 0 saturated carbocycles. The first-order chi connectivity index (χ1) is 6.95. The first kappa shape index (κ1) is 11.3. The number of hydrogen-bond acceptors (Lipinski definition) is 3. The molecule has 15 heavy (non-hydrogen) atoms. The molecule has 0 bridgehead atoms. The number of fused-ring (bicyclic) bond motifs is 1. The van der Waals surface area contributed by atoms with E-state index in [0.717, 1.165) is 0 Å². The van der Waals surface area contributed by atoms with Gasteiger partial charge in [0, 0.05) is 0 Å². The summed E-state index contributed by atoms with van der Waals surface area (Å²) in [7, 11) is 0. The zero-order valence-electron chi connectivity index (χ0n) is 6.85. The van der Waals surface area contributed by atoms with Crippen LogP contribution in [-0.2, 0) is 4.74 Å². The molecule has 0 aromatic heterocycles. The van der Waals surface area contributed by atoms with Crippen LogP contribution >= 0.6 is 46.4 Å². The molecule has 1 aliphatic rings. The highest BCUT2D eigenvalue weighted by Crippen LogP contribution is 2.46. The van der Waals surface area contributed by atoms with E-state index >= 15 is 0 Å². The lowest BCUT2D eigenvalue weighted by Gasteiger charge is -2.08. The van der Waals surface area contributed by atoms with Crippen molar-refractivity contribution in [3.63, 3.8) is 0 Å². The molecule has 3 nitrogen and oxygen atoms in total. The second-order valence-corrected chi connectivity index (χ2v) is 4.31. The number of halogens is 4. The lowest BCUT2D eigenvalue weighted by Crippen LogP contribution is -1.96. The van der Waals surface area contributed by atoms with Crippen LogP contribution in [0.1, 0.15) is 22.2 Å². The molecule has 0 unspecified atom stereocenters. The first-order valence-electron chi connectivity index (χ1n) is 3.70. The smallest absolute Gasteiger partial charge is 0.342 e. The van der Waals surface area contributed by atoms with E-state index in [1.807, 2.05) is 0 Å². The van der Waals surface area contributed by atoms with Gasteiger partial charge in [0.25, 0.3) is 0 Å². The number of benzene rings is 1. The van der Waals surface area contributed by atoms with Gasteiger partial charge in [0.1, 0.15) is 0 Å². The molecule has 1 aliphatic heterocycles. The third kappa shape index (κ3) is 1.50. The molecule has 0 saturated heterocycles. The molecule has 0 amide bonds. The summed E-state index contributed by atoms with van der Waals surface area (Å²) in [5, 5.41) is 9.24. The molecule has 0 fully saturated rings. The summed E-state index contributed by atoms with van der Waals surface area (Å²) in [5.74, 6) is -0.775. The maximum Gasteiger partial charge on any atom is 0.342 e. The molecule has 1 aromatic carbocycles. The van der Waals surface area contributed by atoms with Crippen LogP contribution in [-0.4, -0.2) is 11.1 Å². The Morgan fingerprint density at radius 2 is 1.53 bits per heavy atom. The van der Waals surface area contributed by atoms with Crippen molar-refractivity contribution in [2.24, 2.45) is 0 Å². The third-order valence-corrected chi connectivity index (χ3v) is 3.79. The highest BCUT2D eigenvalue weighted by Gasteiger charge is 2.37. The van der Waals surface area contributed by atoms with Gasteiger partial charge in [-0.15, -0.1) is 0 Å². The maximum atomic E-state index is 11.3. The molecule has 2 rings (SSSR count). The second-order valence-electron chi connectivity index (χ2n) is 2.80. The molecular weight excluding hydrogens is 286 g/mol. The largest absolute Gasteiger partial charge is 0.428 e. The molecule has 0 radical (unpaired) electrons. The van der Waals surface area contributed by atoms with Crippen molar-refractivity contribution < 1.29 is 14.6 Å². The molecular formula is C8H2Cl4O3. The standard InChI is InChI=1S/C8H2Cl4O3/c9-3-1-2(8(14)15-7(1)13)4(10)6(12)5(3)11/h7,13H/t7-/m1/s1. The van der Waals surface area contributed by atoms with E-state index in [-0.39, 0.29) is 31.2 Å². The molecule has 0 aliphatic carbocycles. The number of carbonyl (C=O) groups is 1. The summed E-state index contributed by atoms with van der Waals surface area (Å²) in [6.45, 7) is 0. The van der Waals surface area contributed by atoms with E-state index in [0.29, 0.717) is 0 Å². The number of rotatable bonds is 0. The summed E-state index contributed by atoms with van der Waals surface area (Å²) in [5.41, 5.74) is 0.0182. The summed E-state index contributed by atoms with van der Waals surface area (Å²) >= 11 is 23.1. The molecule has 7 heteroatoms. The molecule has 80 valence electrons. The van der Waals surface area contributed by atoms with Gasteiger partial charge in [-0.1, -0.05) is 46.4 Å². The van der Waals surface area contributed by atoms with Crippen molar-refractivity contribution in [1.29, 1.82) is 0 Å². The Hall–Kier alpha value is -0.190. The van der Waals surface area contributed by atoms with Crippen LogP contribution < -0.4 is 0 Å². The zero-order valence-corrected chi connectivity index (χ0v) is 9.88. The average Bonchev–Trinajstić information content (AvgIpc) is 2.47. The van der Waals surface area contributed by atoms with Crippen LogP contribution in [0.25, 0.3) is 0 Å². The van der Waals surface area contributed by atoms with Gasteiger partial charge < -0.3 is 9.84 Å². The van der Waals surface area contributed by atoms with Crippen LogP contribution in [0.4, 0.5) is 0 Å². The van der Waals surface area contributed by atoms with Crippen LogP contribution in [0.15, 0.2) is 0 Å². The van der Waals surface area contributed by atoms with Crippen molar-refractivity contribution in [3.8, 4) is 0 Å². The molecule has 1 N–H and O–H groups in total. The summed E-state index contributed by atoms with van der Waals surface area (Å²) in [6, 6.07) is 0. The fraction of sp³-hybridized carbons (Fsp3) is 0.125. The van der Waals surface area contributed by atoms with Gasteiger partial charge in [-0.2, -0.15) is 0 Å². The van der Waals surface area contributed by atoms with Crippen LogP contribution in [0.2, 0.25) is 20.1 Å². The van der Waals surface area contributed by atoms with Gasteiger partial charge >= 0.3 is 5.97 Å². The number of hydrogen-bond donors (Lipinski definition) is 1. The quantitative estimate of drug-likeness (QED) is 0.451. The van der Waals surface area contributed by atoms with E-state index in [1.165, 1.54) is 0 Å². The predicted octanol–water partition coefficient (Wildman–Crippen LogP) is 3.46. The van der Waals surface area contributed by atoms with Crippen molar-refractivity contribution in [1.82, 2.24) is 0 Å². The molecule has 1 atom stereocenters.